The van der Waals surface area contributed by atoms with Gasteiger partial charge in [0.05, 0.1) is 5.69 Å². The average molecular weight is 400 g/mol. The van der Waals surface area contributed by atoms with Crippen LogP contribution in [0.3, 0.4) is 0 Å². The summed E-state index contributed by atoms with van der Waals surface area (Å²) in [7, 11) is -3.83. The first-order chi connectivity index (χ1) is 12.6. The Morgan fingerprint density at radius 2 is 1.89 bits per heavy atom. The Bertz CT molecular complexity index is 943. The number of likely N-dealkylation sites (tertiary alicyclic amines) is 1. The van der Waals surface area contributed by atoms with Crippen molar-refractivity contribution in [3.05, 3.63) is 47.5 Å². The molecule has 2 aliphatic rings. The Labute approximate surface area is 155 Å². The number of aromatic nitrogens is 2. The standard InChI is InChI=1S/C17H19F3N4O2S/c1-12-14(2-3-15(22-12)17(18,19)20)27(25,26)24-10-16(11-24)8-23(9-16)7-13-4-5-21-6-13/h2-6,21H,7-11H2,1H3. The van der Waals surface area contributed by atoms with Gasteiger partial charge in [0.15, 0.2) is 0 Å². The van der Waals surface area contributed by atoms with Gasteiger partial charge >= 0.3 is 6.18 Å². The van der Waals surface area contributed by atoms with E-state index >= 15 is 0 Å². The van der Waals surface area contributed by atoms with Crippen LogP contribution in [0.15, 0.2) is 35.5 Å². The predicted molar refractivity (Wildman–Crippen MR) is 91.2 cm³/mol. The molecule has 0 aliphatic carbocycles. The van der Waals surface area contributed by atoms with E-state index in [1.807, 2.05) is 18.5 Å². The molecule has 0 amide bonds. The third-order valence-corrected chi connectivity index (χ3v) is 7.08. The Morgan fingerprint density at radius 3 is 2.44 bits per heavy atom. The molecule has 0 atom stereocenters. The van der Waals surface area contributed by atoms with E-state index in [9.17, 15) is 21.6 Å². The first-order valence-electron chi connectivity index (χ1n) is 8.48. The Morgan fingerprint density at radius 1 is 1.19 bits per heavy atom. The average Bonchev–Trinajstić information content (AvgIpc) is 2.99. The highest BCUT2D eigenvalue weighted by Crippen LogP contribution is 2.43. The predicted octanol–water partition coefficient (Wildman–Crippen LogP) is 2.24. The van der Waals surface area contributed by atoms with Crippen LogP contribution in [-0.4, -0.2) is 53.8 Å². The molecule has 1 N–H and O–H groups in total. The summed E-state index contributed by atoms with van der Waals surface area (Å²) < 4.78 is 65.0. The van der Waals surface area contributed by atoms with Crippen LogP contribution in [0, 0.1) is 12.3 Å². The minimum Gasteiger partial charge on any atom is -0.367 e. The van der Waals surface area contributed by atoms with Crippen LogP contribution in [0.5, 0.6) is 0 Å². The molecule has 0 radical (unpaired) electrons. The molecule has 146 valence electrons. The van der Waals surface area contributed by atoms with Gasteiger partial charge < -0.3 is 4.98 Å². The van der Waals surface area contributed by atoms with E-state index in [2.05, 4.69) is 14.9 Å². The minimum atomic E-state index is -4.59. The second-order valence-electron chi connectivity index (χ2n) is 7.42. The number of pyridine rings is 1. The highest BCUT2D eigenvalue weighted by atomic mass is 32.2. The largest absolute Gasteiger partial charge is 0.433 e. The number of rotatable bonds is 4. The maximum Gasteiger partial charge on any atom is 0.433 e. The smallest absolute Gasteiger partial charge is 0.367 e. The number of sulfonamides is 1. The zero-order chi connectivity index (χ0) is 19.4. The van der Waals surface area contributed by atoms with Crippen LogP contribution in [-0.2, 0) is 22.7 Å². The van der Waals surface area contributed by atoms with Gasteiger partial charge in [-0.15, -0.1) is 0 Å². The fourth-order valence-electron chi connectivity index (χ4n) is 3.92. The monoisotopic (exact) mass is 400 g/mol. The molecule has 10 heteroatoms. The molecule has 27 heavy (non-hydrogen) atoms. The molecule has 4 rings (SSSR count). The minimum absolute atomic E-state index is 0.0450. The second-order valence-corrected chi connectivity index (χ2v) is 9.32. The summed E-state index contributed by atoms with van der Waals surface area (Å²) in [6, 6.07) is 3.73. The molecule has 2 aromatic rings. The molecule has 0 saturated carbocycles. The fourth-order valence-corrected chi connectivity index (χ4v) is 5.74. The lowest BCUT2D eigenvalue weighted by Crippen LogP contribution is -2.72. The number of aromatic amines is 1. The third kappa shape index (κ3) is 3.26. The quantitative estimate of drug-likeness (QED) is 0.855. The number of hydrogen-bond donors (Lipinski definition) is 1. The van der Waals surface area contributed by atoms with Gasteiger partial charge in [-0.2, -0.15) is 17.5 Å². The van der Waals surface area contributed by atoms with E-state index in [0.717, 1.165) is 31.8 Å². The number of nitrogens with zero attached hydrogens (tertiary/aromatic N) is 3. The highest BCUT2D eigenvalue weighted by Gasteiger charge is 2.55. The normalized spacial score (nSPS) is 20.4. The molecular formula is C17H19F3N4O2S. The van der Waals surface area contributed by atoms with Crippen molar-refractivity contribution >= 4 is 10.0 Å². The van der Waals surface area contributed by atoms with E-state index < -0.39 is 21.9 Å². The molecule has 0 unspecified atom stereocenters. The number of alkyl halides is 3. The zero-order valence-corrected chi connectivity index (χ0v) is 15.4. The molecule has 2 aliphatic heterocycles. The number of H-pyrrole nitrogens is 1. The van der Waals surface area contributed by atoms with Gasteiger partial charge in [-0.3, -0.25) is 4.90 Å². The fraction of sp³-hybridized carbons (Fsp3) is 0.471. The molecular weight excluding hydrogens is 381 g/mol. The van der Waals surface area contributed by atoms with Crippen molar-refractivity contribution in [3.8, 4) is 0 Å². The number of nitrogens with one attached hydrogen (secondary N) is 1. The molecule has 2 fully saturated rings. The SMILES string of the molecule is Cc1nc(C(F)(F)F)ccc1S(=O)(=O)N1CC2(CN(Cc3cc[nH]c3)C2)C1. The van der Waals surface area contributed by atoms with E-state index in [-0.39, 0.29) is 16.0 Å². The van der Waals surface area contributed by atoms with Crippen molar-refractivity contribution in [3.63, 3.8) is 0 Å². The first kappa shape index (κ1) is 18.5. The summed E-state index contributed by atoms with van der Waals surface area (Å²) in [5, 5.41) is 0. The topological polar surface area (TPSA) is 69.3 Å². The van der Waals surface area contributed by atoms with Crippen LogP contribution >= 0.6 is 0 Å². The van der Waals surface area contributed by atoms with Crippen molar-refractivity contribution in [1.82, 2.24) is 19.2 Å². The van der Waals surface area contributed by atoms with Crippen LogP contribution in [0.25, 0.3) is 0 Å². The Balaban J connectivity index is 1.41. The van der Waals surface area contributed by atoms with Crippen LogP contribution in [0.1, 0.15) is 17.0 Å². The van der Waals surface area contributed by atoms with Gasteiger partial charge in [0.1, 0.15) is 10.6 Å². The molecule has 2 aromatic heterocycles. The van der Waals surface area contributed by atoms with Crippen LogP contribution in [0.4, 0.5) is 13.2 Å². The Hall–Kier alpha value is -1.91. The molecule has 4 heterocycles. The van der Waals surface area contributed by atoms with Crippen LogP contribution in [0.2, 0.25) is 0 Å². The number of halogens is 3. The summed E-state index contributed by atoms with van der Waals surface area (Å²) in [5.74, 6) is 0. The lowest BCUT2D eigenvalue weighted by atomic mass is 9.74. The van der Waals surface area contributed by atoms with Gasteiger partial charge in [-0.1, -0.05) is 0 Å². The number of hydrogen-bond acceptors (Lipinski definition) is 4. The van der Waals surface area contributed by atoms with Gasteiger partial charge in [0, 0.05) is 50.5 Å². The molecule has 0 bridgehead atoms. The van der Waals surface area contributed by atoms with Crippen molar-refractivity contribution < 1.29 is 21.6 Å². The Kier molecular flexibility index (Phi) is 4.13. The summed E-state index contributed by atoms with van der Waals surface area (Å²) in [4.78, 5) is 8.53. The third-order valence-electron chi connectivity index (χ3n) is 5.16. The maximum atomic E-state index is 12.7. The van der Waals surface area contributed by atoms with Gasteiger partial charge in [-0.25, -0.2) is 13.4 Å². The lowest BCUT2D eigenvalue weighted by molar-refractivity contribution is -0.141. The molecule has 6 nitrogen and oxygen atoms in total. The summed E-state index contributed by atoms with van der Waals surface area (Å²) in [5.41, 5.74) is -0.0802. The van der Waals surface area contributed by atoms with Gasteiger partial charge in [-0.05, 0) is 30.7 Å². The van der Waals surface area contributed by atoms with Crippen molar-refractivity contribution in [1.29, 1.82) is 0 Å². The van der Waals surface area contributed by atoms with E-state index in [4.69, 9.17) is 0 Å². The molecule has 0 aromatic carbocycles. The summed E-state index contributed by atoms with van der Waals surface area (Å²) >= 11 is 0. The van der Waals surface area contributed by atoms with Crippen molar-refractivity contribution in [2.24, 2.45) is 5.41 Å². The van der Waals surface area contributed by atoms with E-state index in [1.165, 1.54) is 16.8 Å². The van der Waals surface area contributed by atoms with Crippen molar-refractivity contribution in [2.45, 2.75) is 24.5 Å². The maximum absolute atomic E-state index is 12.7. The number of aryl methyl sites for hydroxylation is 1. The zero-order valence-electron chi connectivity index (χ0n) is 14.6. The van der Waals surface area contributed by atoms with Gasteiger partial charge in [0.25, 0.3) is 0 Å². The molecule has 1 spiro atoms. The van der Waals surface area contributed by atoms with Gasteiger partial charge in [0.2, 0.25) is 10.0 Å². The van der Waals surface area contributed by atoms with E-state index in [0.29, 0.717) is 13.1 Å². The summed E-state index contributed by atoms with van der Waals surface area (Å²) in [6.45, 7) is 4.52. The highest BCUT2D eigenvalue weighted by molar-refractivity contribution is 7.89. The van der Waals surface area contributed by atoms with Crippen molar-refractivity contribution in [2.75, 3.05) is 26.2 Å². The van der Waals surface area contributed by atoms with E-state index in [1.54, 1.807) is 0 Å². The second kappa shape index (κ2) is 6.05. The molecule has 2 saturated heterocycles. The summed E-state index contributed by atoms with van der Waals surface area (Å²) in [6.07, 6.45) is -0.797. The van der Waals surface area contributed by atoms with Crippen LogP contribution < -0.4 is 0 Å². The first-order valence-corrected chi connectivity index (χ1v) is 9.92. The lowest BCUT2D eigenvalue weighted by Gasteiger charge is -2.59.